The zero-order valence-electron chi connectivity index (χ0n) is 8.86. The van der Waals surface area contributed by atoms with Gasteiger partial charge in [-0.05, 0) is 6.07 Å². The largest absolute Gasteiger partial charge is 0.478 e. The summed E-state index contributed by atoms with van der Waals surface area (Å²) in [5.74, 6) is 4.55. The maximum atomic E-state index is 10.9. The van der Waals surface area contributed by atoms with Gasteiger partial charge in [0.05, 0.1) is 16.9 Å². The molecule has 17 heavy (non-hydrogen) atoms. The van der Waals surface area contributed by atoms with Gasteiger partial charge in [-0.25, -0.2) is 9.78 Å². The Hall–Kier alpha value is -1.51. The first-order valence-electron chi connectivity index (χ1n) is 4.52. The number of carboxylic acids is 1. The van der Waals surface area contributed by atoms with E-state index in [2.05, 4.69) is 16.8 Å². The average molecular weight is 270 g/mol. The first-order chi connectivity index (χ1) is 8.00. The molecule has 0 bridgehead atoms. The van der Waals surface area contributed by atoms with Crippen molar-refractivity contribution in [3.8, 4) is 11.8 Å². The molecule has 0 aromatic carbocycles. The van der Waals surface area contributed by atoms with Gasteiger partial charge in [0, 0.05) is 13.1 Å². The van der Waals surface area contributed by atoms with Crippen molar-refractivity contribution in [3.63, 3.8) is 0 Å². The van der Waals surface area contributed by atoms with Crippen molar-refractivity contribution in [1.82, 2.24) is 4.98 Å². The predicted octanol–water partition coefficient (Wildman–Crippen LogP) is 2.06. The zero-order chi connectivity index (χ0) is 12.8. The molecule has 0 saturated carbocycles. The molecular formula is C11H8ClNO3S. The van der Waals surface area contributed by atoms with Crippen molar-refractivity contribution in [2.45, 2.75) is 6.92 Å². The molecule has 0 atom stereocenters. The Morgan fingerprint density at radius 3 is 2.88 bits per heavy atom. The third kappa shape index (κ3) is 4.47. The van der Waals surface area contributed by atoms with Crippen LogP contribution in [0.5, 0.6) is 0 Å². The Morgan fingerprint density at radius 1 is 1.59 bits per heavy atom. The van der Waals surface area contributed by atoms with E-state index in [1.54, 1.807) is 0 Å². The number of carbonyl (C=O) groups excluding carboxylic acids is 1. The lowest BCUT2D eigenvalue weighted by Gasteiger charge is -1.98. The van der Waals surface area contributed by atoms with E-state index in [1.807, 2.05) is 0 Å². The van der Waals surface area contributed by atoms with Gasteiger partial charge in [0.15, 0.2) is 5.12 Å². The molecule has 0 fully saturated rings. The molecule has 0 aliphatic heterocycles. The van der Waals surface area contributed by atoms with E-state index in [1.165, 1.54) is 19.2 Å². The van der Waals surface area contributed by atoms with Gasteiger partial charge in [-0.1, -0.05) is 35.2 Å². The number of halogens is 1. The number of rotatable bonds is 2. The number of nitrogens with zero attached hydrogens (tertiary/aromatic N) is 1. The normalized spacial score (nSPS) is 9.29. The Bertz CT molecular complexity index is 519. The molecule has 4 nitrogen and oxygen atoms in total. The molecule has 0 saturated heterocycles. The molecule has 0 aliphatic rings. The van der Waals surface area contributed by atoms with Gasteiger partial charge in [0.1, 0.15) is 5.15 Å². The molecule has 0 aliphatic carbocycles. The van der Waals surface area contributed by atoms with Crippen LogP contribution < -0.4 is 0 Å². The average Bonchev–Trinajstić information content (AvgIpc) is 2.25. The summed E-state index contributed by atoms with van der Waals surface area (Å²) in [6, 6.07) is 1.24. The van der Waals surface area contributed by atoms with E-state index >= 15 is 0 Å². The summed E-state index contributed by atoms with van der Waals surface area (Å²) in [6.07, 6.45) is 1.30. The molecule has 1 aromatic heterocycles. The van der Waals surface area contributed by atoms with Gasteiger partial charge in [-0.15, -0.1) is 0 Å². The number of aromatic nitrogens is 1. The zero-order valence-corrected chi connectivity index (χ0v) is 10.4. The highest BCUT2D eigenvalue weighted by atomic mass is 35.5. The SMILES string of the molecule is CC(=O)SCC#Cc1cnc(Cl)cc1C(=O)O. The number of pyridine rings is 1. The van der Waals surface area contributed by atoms with Crippen LogP contribution in [0.2, 0.25) is 5.15 Å². The summed E-state index contributed by atoms with van der Waals surface area (Å²) in [7, 11) is 0. The standard InChI is InChI=1S/C11H8ClNO3S/c1-7(14)17-4-2-3-8-6-13-10(12)5-9(8)11(15)16/h5-6H,4H2,1H3,(H,15,16). The molecule has 0 amide bonds. The van der Waals surface area contributed by atoms with Crippen molar-refractivity contribution >= 4 is 34.4 Å². The van der Waals surface area contributed by atoms with Crippen molar-refractivity contribution in [1.29, 1.82) is 0 Å². The summed E-state index contributed by atoms with van der Waals surface area (Å²) in [5.41, 5.74) is 0.288. The lowest BCUT2D eigenvalue weighted by molar-refractivity contribution is -0.109. The maximum absolute atomic E-state index is 10.9. The lowest BCUT2D eigenvalue weighted by atomic mass is 10.1. The van der Waals surface area contributed by atoms with Crippen LogP contribution in [0.3, 0.4) is 0 Å². The molecule has 88 valence electrons. The monoisotopic (exact) mass is 269 g/mol. The number of hydrogen-bond acceptors (Lipinski definition) is 4. The van der Waals surface area contributed by atoms with Gasteiger partial charge in [-0.3, -0.25) is 4.79 Å². The first kappa shape index (κ1) is 13.6. The third-order valence-electron chi connectivity index (χ3n) is 1.67. The molecule has 1 aromatic rings. The maximum Gasteiger partial charge on any atom is 0.337 e. The minimum Gasteiger partial charge on any atom is -0.478 e. The number of aromatic carboxylic acids is 1. The van der Waals surface area contributed by atoms with Crippen LogP contribution in [0.15, 0.2) is 12.3 Å². The summed E-state index contributed by atoms with van der Waals surface area (Å²) >= 11 is 6.65. The van der Waals surface area contributed by atoms with Gasteiger partial charge < -0.3 is 5.11 Å². The highest BCUT2D eigenvalue weighted by Gasteiger charge is 2.09. The second kappa shape index (κ2) is 6.28. The molecule has 6 heteroatoms. The Kier molecular flexibility index (Phi) is 5.01. The van der Waals surface area contributed by atoms with E-state index in [9.17, 15) is 9.59 Å². The quantitative estimate of drug-likeness (QED) is 0.658. The van der Waals surface area contributed by atoms with Gasteiger partial charge in [0.2, 0.25) is 0 Å². The minimum atomic E-state index is -1.11. The van der Waals surface area contributed by atoms with Gasteiger partial charge in [-0.2, -0.15) is 0 Å². The second-order valence-electron chi connectivity index (χ2n) is 2.94. The Labute approximate surface area is 107 Å². The molecule has 1 rings (SSSR count). The number of carbonyl (C=O) groups is 2. The van der Waals surface area contributed by atoms with Crippen LogP contribution in [0.1, 0.15) is 22.8 Å². The molecule has 0 radical (unpaired) electrons. The fourth-order valence-electron chi connectivity index (χ4n) is 0.975. The molecule has 1 heterocycles. The summed E-state index contributed by atoms with van der Waals surface area (Å²) in [4.78, 5) is 25.3. The Morgan fingerprint density at radius 2 is 2.29 bits per heavy atom. The minimum absolute atomic E-state index is 0.00493. The molecular weight excluding hydrogens is 262 g/mol. The third-order valence-corrected chi connectivity index (χ3v) is 2.57. The fraction of sp³-hybridized carbons (Fsp3) is 0.182. The van der Waals surface area contributed by atoms with Crippen LogP contribution in [-0.2, 0) is 4.79 Å². The Balaban J connectivity index is 2.90. The van der Waals surface area contributed by atoms with E-state index in [-0.39, 0.29) is 21.4 Å². The van der Waals surface area contributed by atoms with Crippen LogP contribution in [0, 0.1) is 11.8 Å². The van der Waals surface area contributed by atoms with Crippen molar-refractivity contribution in [3.05, 3.63) is 28.5 Å². The van der Waals surface area contributed by atoms with Gasteiger partial charge >= 0.3 is 5.97 Å². The van der Waals surface area contributed by atoms with Crippen molar-refractivity contribution in [2.75, 3.05) is 5.75 Å². The summed E-state index contributed by atoms with van der Waals surface area (Å²) in [5, 5.41) is 8.99. The number of carboxylic acid groups (broad SMARTS) is 1. The van der Waals surface area contributed by atoms with Gasteiger partial charge in [0.25, 0.3) is 0 Å². The molecule has 0 unspecified atom stereocenters. The summed E-state index contributed by atoms with van der Waals surface area (Å²) < 4.78 is 0. The van der Waals surface area contributed by atoms with E-state index in [0.717, 1.165) is 11.8 Å². The lowest BCUT2D eigenvalue weighted by Crippen LogP contribution is -2.01. The predicted molar refractivity (Wildman–Crippen MR) is 66.2 cm³/mol. The fourth-order valence-corrected chi connectivity index (χ4v) is 1.48. The van der Waals surface area contributed by atoms with Crippen LogP contribution in [-0.4, -0.2) is 26.9 Å². The number of thioether (sulfide) groups is 1. The highest BCUT2D eigenvalue weighted by Crippen LogP contribution is 2.12. The molecule has 1 N–H and O–H groups in total. The van der Waals surface area contributed by atoms with Crippen LogP contribution in [0.25, 0.3) is 0 Å². The molecule has 0 spiro atoms. The topological polar surface area (TPSA) is 67.3 Å². The van der Waals surface area contributed by atoms with Crippen LogP contribution in [0.4, 0.5) is 0 Å². The van der Waals surface area contributed by atoms with Crippen molar-refractivity contribution in [2.24, 2.45) is 0 Å². The second-order valence-corrected chi connectivity index (χ2v) is 4.48. The highest BCUT2D eigenvalue weighted by molar-refractivity contribution is 8.13. The van der Waals surface area contributed by atoms with E-state index in [4.69, 9.17) is 16.7 Å². The number of hydrogen-bond donors (Lipinski definition) is 1. The van der Waals surface area contributed by atoms with E-state index < -0.39 is 5.97 Å². The summed E-state index contributed by atoms with van der Waals surface area (Å²) in [6.45, 7) is 1.44. The first-order valence-corrected chi connectivity index (χ1v) is 5.88. The van der Waals surface area contributed by atoms with Crippen molar-refractivity contribution < 1.29 is 14.7 Å². The van der Waals surface area contributed by atoms with Crippen LogP contribution >= 0.6 is 23.4 Å². The smallest absolute Gasteiger partial charge is 0.337 e. The van der Waals surface area contributed by atoms with E-state index in [0.29, 0.717) is 5.75 Å².